The molecule has 0 N–H and O–H groups in total. The molecule has 19 heavy (non-hydrogen) atoms. The van der Waals surface area contributed by atoms with Gasteiger partial charge in [-0.15, -0.1) is 0 Å². The van der Waals surface area contributed by atoms with Crippen molar-refractivity contribution in [1.82, 2.24) is 0 Å². The second kappa shape index (κ2) is 4.70. The van der Waals surface area contributed by atoms with Crippen LogP contribution in [0.5, 0.6) is 0 Å². The largest absolute Gasteiger partial charge is 0.0613 e. The molecular formula is C19H20. The molecule has 0 aromatic heterocycles. The summed E-state index contributed by atoms with van der Waals surface area (Å²) in [5.74, 6) is 0. The fraction of sp³-hybridized carbons (Fsp3) is 0.263. The van der Waals surface area contributed by atoms with Gasteiger partial charge in [-0.05, 0) is 58.0 Å². The molecule has 0 aliphatic carbocycles. The van der Waals surface area contributed by atoms with Crippen molar-refractivity contribution in [2.45, 2.75) is 33.6 Å². The number of rotatable bonds is 2. The number of hydrogen-bond acceptors (Lipinski definition) is 0. The normalized spacial score (nSPS) is 11.3. The Bertz CT molecular complexity index is 751. The summed E-state index contributed by atoms with van der Waals surface area (Å²) in [6.07, 6.45) is 2.20. The quantitative estimate of drug-likeness (QED) is 0.531. The van der Waals surface area contributed by atoms with Crippen LogP contribution in [0.4, 0.5) is 0 Å². The Morgan fingerprint density at radius 3 is 2.21 bits per heavy atom. The minimum Gasteiger partial charge on any atom is -0.0613 e. The van der Waals surface area contributed by atoms with Crippen LogP contribution in [-0.4, -0.2) is 0 Å². The lowest BCUT2D eigenvalue weighted by Crippen LogP contribution is -1.89. The van der Waals surface area contributed by atoms with Gasteiger partial charge < -0.3 is 0 Å². The molecule has 0 spiro atoms. The van der Waals surface area contributed by atoms with Gasteiger partial charge in [-0.25, -0.2) is 0 Å². The lowest BCUT2D eigenvalue weighted by atomic mass is 9.94. The van der Waals surface area contributed by atoms with Gasteiger partial charge in [0.15, 0.2) is 0 Å². The van der Waals surface area contributed by atoms with Gasteiger partial charge in [0.05, 0.1) is 0 Å². The number of aryl methyl sites for hydroxylation is 3. The van der Waals surface area contributed by atoms with Crippen molar-refractivity contribution in [3.63, 3.8) is 0 Å². The molecule has 0 bridgehead atoms. The molecular weight excluding hydrogens is 228 g/mol. The third kappa shape index (κ3) is 1.92. The first-order valence-electron chi connectivity index (χ1n) is 7.18. The third-order valence-electron chi connectivity index (χ3n) is 4.25. The summed E-state index contributed by atoms with van der Waals surface area (Å²) < 4.78 is 0. The summed E-state index contributed by atoms with van der Waals surface area (Å²) in [4.78, 5) is 0. The smallest absolute Gasteiger partial charge is 0.0103 e. The van der Waals surface area contributed by atoms with Crippen LogP contribution >= 0.6 is 0 Å². The van der Waals surface area contributed by atoms with Crippen molar-refractivity contribution in [3.8, 4) is 0 Å². The molecule has 3 aromatic rings. The molecule has 0 heterocycles. The van der Waals surface area contributed by atoms with Crippen molar-refractivity contribution >= 4 is 21.5 Å². The zero-order chi connectivity index (χ0) is 13.4. The first-order chi connectivity index (χ1) is 9.24. The summed E-state index contributed by atoms with van der Waals surface area (Å²) in [6.45, 7) is 6.68. The summed E-state index contributed by atoms with van der Waals surface area (Å²) in [5.41, 5.74) is 4.30. The first-order valence-corrected chi connectivity index (χ1v) is 7.18. The lowest BCUT2D eigenvalue weighted by molar-refractivity contribution is 1.12. The molecule has 3 rings (SSSR count). The van der Waals surface area contributed by atoms with Crippen LogP contribution in [-0.2, 0) is 12.8 Å². The van der Waals surface area contributed by atoms with Gasteiger partial charge in [-0.2, -0.15) is 0 Å². The van der Waals surface area contributed by atoms with Gasteiger partial charge in [-0.3, -0.25) is 0 Å². The third-order valence-corrected chi connectivity index (χ3v) is 4.25. The predicted octanol–water partition coefficient (Wildman–Crippen LogP) is 5.43. The zero-order valence-corrected chi connectivity index (χ0v) is 12.0. The average Bonchev–Trinajstić information content (AvgIpc) is 2.46. The van der Waals surface area contributed by atoms with E-state index in [1.54, 1.807) is 0 Å². The molecule has 0 aliphatic rings. The maximum atomic E-state index is 2.32. The van der Waals surface area contributed by atoms with E-state index in [1.807, 2.05) is 0 Å². The van der Waals surface area contributed by atoms with E-state index >= 15 is 0 Å². The summed E-state index contributed by atoms with van der Waals surface area (Å²) in [7, 11) is 0. The zero-order valence-electron chi connectivity index (χ0n) is 12.0. The summed E-state index contributed by atoms with van der Waals surface area (Å²) in [5, 5.41) is 5.52. The van der Waals surface area contributed by atoms with Crippen LogP contribution in [0.2, 0.25) is 0 Å². The van der Waals surface area contributed by atoms with Gasteiger partial charge in [0, 0.05) is 0 Å². The van der Waals surface area contributed by atoms with Crippen LogP contribution in [0.3, 0.4) is 0 Å². The Morgan fingerprint density at radius 2 is 1.47 bits per heavy atom. The molecule has 0 saturated heterocycles. The molecule has 96 valence electrons. The topological polar surface area (TPSA) is 0 Å². The van der Waals surface area contributed by atoms with E-state index in [1.165, 1.54) is 38.2 Å². The summed E-state index contributed by atoms with van der Waals surface area (Å²) in [6, 6.07) is 16.0. The van der Waals surface area contributed by atoms with Crippen LogP contribution in [0.1, 0.15) is 30.5 Å². The predicted molar refractivity (Wildman–Crippen MR) is 84.9 cm³/mol. The van der Waals surface area contributed by atoms with Crippen molar-refractivity contribution in [2.24, 2.45) is 0 Å². The van der Waals surface area contributed by atoms with E-state index in [0.29, 0.717) is 0 Å². The second-order valence-electron chi connectivity index (χ2n) is 5.27. The van der Waals surface area contributed by atoms with E-state index in [0.717, 1.165) is 12.8 Å². The van der Waals surface area contributed by atoms with Gasteiger partial charge in [0.25, 0.3) is 0 Å². The van der Waals surface area contributed by atoms with E-state index < -0.39 is 0 Å². The second-order valence-corrected chi connectivity index (χ2v) is 5.27. The molecule has 0 unspecified atom stereocenters. The Hall–Kier alpha value is -1.82. The molecule has 0 fully saturated rings. The first kappa shape index (κ1) is 12.2. The highest BCUT2D eigenvalue weighted by molar-refractivity contribution is 6.08. The molecule has 0 atom stereocenters. The Labute approximate surface area is 115 Å². The molecule has 0 heteroatoms. The van der Waals surface area contributed by atoms with Crippen LogP contribution < -0.4 is 0 Å². The molecule has 0 radical (unpaired) electrons. The van der Waals surface area contributed by atoms with Crippen LogP contribution in [0.15, 0.2) is 42.5 Å². The van der Waals surface area contributed by atoms with E-state index in [4.69, 9.17) is 0 Å². The number of hydrogen-bond donors (Lipinski definition) is 0. The molecule has 0 aliphatic heterocycles. The van der Waals surface area contributed by atoms with Crippen LogP contribution in [0.25, 0.3) is 21.5 Å². The maximum Gasteiger partial charge on any atom is -0.0103 e. The maximum absolute atomic E-state index is 2.32. The minimum absolute atomic E-state index is 1.10. The highest BCUT2D eigenvalue weighted by Crippen LogP contribution is 2.30. The fourth-order valence-corrected chi connectivity index (χ4v) is 2.99. The van der Waals surface area contributed by atoms with Gasteiger partial charge >= 0.3 is 0 Å². The van der Waals surface area contributed by atoms with Crippen molar-refractivity contribution in [1.29, 1.82) is 0 Å². The SMILES string of the molecule is CCc1ccc2c(ccc3c(C)c(CC)ccc32)c1. The van der Waals surface area contributed by atoms with E-state index in [2.05, 4.69) is 63.2 Å². The lowest BCUT2D eigenvalue weighted by Gasteiger charge is -2.11. The molecule has 0 nitrogen and oxygen atoms in total. The number of fused-ring (bicyclic) bond motifs is 3. The highest BCUT2D eigenvalue weighted by atomic mass is 14.1. The Morgan fingerprint density at radius 1 is 0.737 bits per heavy atom. The van der Waals surface area contributed by atoms with E-state index in [9.17, 15) is 0 Å². The molecule has 3 aromatic carbocycles. The highest BCUT2D eigenvalue weighted by Gasteiger charge is 2.06. The summed E-state index contributed by atoms with van der Waals surface area (Å²) >= 11 is 0. The van der Waals surface area contributed by atoms with E-state index in [-0.39, 0.29) is 0 Å². The average molecular weight is 248 g/mol. The van der Waals surface area contributed by atoms with Crippen LogP contribution in [0, 0.1) is 6.92 Å². The fourth-order valence-electron chi connectivity index (χ4n) is 2.99. The van der Waals surface area contributed by atoms with Gasteiger partial charge in [0.2, 0.25) is 0 Å². The van der Waals surface area contributed by atoms with Crippen molar-refractivity contribution in [3.05, 3.63) is 59.2 Å². The number of benzene rings is 3. The minimum atomic E-state index is 1.10. The molecule has 0 saturated carbocycles. The van der Waals surface area contributed by atoms with Crippen molar-refractivity contribution in [2.75, 3.05) is 0 Å². The van der Waals surface area contributed by atoms with Gasteiger partial charge in [0.1, 0.15) is 0 Å². The Kier molecular flexibility index (Phi) is 3.02. The van der Waals surface area contributed by atoms with Gasteiger partial charge in [-0.1, -0.05) is 56.3 Å². The molecule has 0 amide bonds. The van der Waals surface area contributed by atoms with Crippen molar-refractivity contribution < 1.29 is 0 Å². The standard InChI is InChI=1S/C19H20/c1-4-14-6-9-18-16(12-14)8-10-17-13(3)15(5-2)7-11-19(17)18/h6-12H,4-5H2,1-3H3. The Balaban J connectivity index is 2.38. The monoisotopic (exact) mass is 248 g/mol.